The summed E-state index contributed by atoms with van der Waals surface area (Å²) < 4.78 is 45.0. The topological polar surface area (TPSA) is 50.3 Å². The zero-order valence-electron chi connectivity index (χ0n) is 10.1. The number of likely N-dealkylation sites (N-methyl/N-ethyl adjacent to an activating group) is 1. The molecule has 1 rings (SSSR count). The first-order chi connectivity index (χ1) is 8.45. The van der Waals surface area contributed by atoms with E-state index in [4.69, 9.17) is 4.74 Å². The SMILES string of the molecule is COCCNCCN(C)c1nc(C(F)(F)F)ns1. The molecule has 18 heavy (non-hydrogen) atoms. The molecule has 1 heterocycles. The van der Waals surface area contributed by atoms with Crippen LogP contribution in [0.1, 0.15) is 5.82 Å². The zero-order chi connectivity index (χ0) is 13.6. The van der Waals surface area contributed by atoms with Gasteiger partial charge in [-0.2, -0.15) is 22.5 Å². The summed E-state index contributed by atoms with van der Waals surface area (Å²) in [6.07, 6.45) is -4.48. The maximum atomic E-state index is 12.3. The Morgan fingerprint density at radius 2 is 2.11 bits per heavy atom. The molecule has 0 aromatic carbocycles. The lowest BCUT2D eigenvalue weighted by Gasteiger charge is -2.15. The van der Waals surface area contributed by atoms with Crippen LogP contribution in [0.15, 0.2) is 0 Å². The Bertz CT molecular complexity index is 358. The van der Waals surface area contributed by atoms with Gasteiger partial charge in [-0.3, -0.25) is 0 Å². The van der Waals surface area contributed by atoms with Gasteiger partial charge in [0.05, 0.1) is 6.61 Å². The maximum Gasteiger partial charge on any atom is 0.452 e. The highest BCUT2D eigenvalue weighted by Gasteiger charge is 2.36. The van der Waals surface area contributed by atoms with E-state index >= 15 is 0 Å². The van der Waals surface area contributed by atoms with Crippen molar-refractivity contribution >= 4 is 16.7 Å². The zero-order valence-corrected chi connectivity index (χ0v) is 10.9. The summed E-state index contributed by atoms with van der Waals surface area (Å²) in [5.41, 5.74) is 0. The molecule has 0 unspecified atom stereocenters. The molecule has 0 radical (unpaired) electrons. The molecular weight excluding hydrogens is 269 g/mol. The van der Waals surface area contributed by atoms with Crippen molar-refractivity contribution in [2.45, 2.75) is 6.18 Å². The Kier molecular flexibility index (Phi) is 5.76. The van der Waals surface area contributed by atoms with Crippen molar-refractivity contribution < 1.29 is 17.9 Å². The monoisotopic (exact) mass is 284 g/mol. The lowest BCUT2D eigenvalue weighted by atomic mass is 10.5. The standard InChI is InChI=1S/C9H15F3N4OS/c1-16(5-3-13-4-6-17-2)8-14-7(15-18-8)9(10,11)12/h13H,3-6H2,1-2H3. The molecule has 1 aromatic rings. The molecule has 0 aliphatic heterocycles. The van der Waals surface area contributed by atoms with E-state index < -0.39 is 12.0 Å². The summed E-state index contributed by atoms with van der Waals surface area (Å²) in [7, 11) is 3.28. The average Bonchev–Trinajstić information content (AvgIpc) is 2.77. The number of halogens is 3. The summed E-state index contributed by atoms with van der Waals surface area (Å²) in [6, 6.07) is 0. The van der Waals surface area contributed by atoms with Gasteiger partial charge in [-0.05, 0) is 0 Å². The maximum absolute atomic E-state index is 12.3. The Morgan fingerprint density at radius 3 is 2.67 bits per heavy atom. The van der Waals surface area contributed by atoms with Gasteiger partial charge in [0.15, 0.2) is 0 Å². The lowest BCUT2D eigenvalue weighted by Crippen LogP contribution is -2.30. The molecule has 1 N–H and O–H groups in total. The van der Waals surface area contributed by atoms with Gasteiger partial charge in [-0.1, -0.05) is 0 Å². The van der Waals surface area contributed by atoms with Crippen molar-refractivity contribution in [2.75, 3.05) is 45.3 Å². The second kappa shape index (κ2) is 6.86. The van der Waals surface area contributed by atoms with Crippen LogP contribution in [0.5, 0.6) is 0 Å². The van der Waals surface area contributed by atoms with Gasteiger partial charge in [0.25, 0.3) is 0 Å². The number of rotatable bonds is 7. The molecule has 104 valence electrons. The van der Waals surface area contributed by atoms with Crippen molar-refractivity contribution in [3.05, 3.63) is 5.82 Å². The summed E-state index contributed by atoms with van der Waals surface area (Å²) in [6.45, 7) is 2.49. The highest BCUT2D eigenvalue weighted by atomic mass is 32.1. The number of methoxy groups -OCH3 is 1. The van der Waals surface area contributed by atoms with E-state index in [-0.39, 0.29) is 5.13 Å². The molecule has 0 spiro atoms. The molecule has 0 aliphatic rings. The molecule has 5 nitrogen and oxygen atoms in total. The number of aromatic nitrogens is 2. The van der Waals surface area contributed by atoms with Gasteiger partial charge in [0.1, 0.15) is 0 Å². The molecule has 0 saturated carbocycles. The van der Waals surface area contributed by atoms with Gasteiger partial charge < -0.3 is 15.0 Å². The lowest BCUT2D eigenvalue weighted by molar-refractivity contribution is -0.144. The third-order valence-corrected chi connectivity index (χ3v) is 2.93. The van der Waals surface area contributed by atoms with E-state index in [1.165, 1.54) is 0 Å². The fourth-order valence-corrected chi connectivity index (χ4v) is 1.80. The van der Waals surface area contributed by atoms with Crippen molar-refractivity contribution in [3.63, 3.8) is 0 Å². The van der Waals surface area contributed by atoms with Gasteiger partial charge in [0.2, 0.25) is 11.0 Å². The quantitative estimate of drug-likeness (QED) is 0.763. The molecular formula is C9H15F3N4OS. The van der Waals surface area contributed by atoms with Crippen LogP contribution in [0.2, 0.25) is 0 Å². The smallest absolute Gasteiger partial charge is 0.383 e. The Balaban J connectivity index is 2.37. The predicted molar refractivity (Wildman–Crippen MR) is 62.9 cm³/mol. The Labute approximate surface area is 107 Å². The number of hydrogen-bond donors (Lipinski definition) is 1. The minimum absolute atomic E-state index is 0.260. The number of nitrogens with one attached hydrogen (secondary N) is 1. The fourth-order valence-electron chi connectivity index (χ4n) is 1.13. The number of hydrogen-bond acceptors (Lipinski definition) is 6. The third-order valence-electron chi connectivity index (χ3n) is 2.10. The summed E-state index contributed by atoms with van der Waals surface area (Å²) in [5, 5.41) is 3.35. The first-order valence-corrected chi connectivity index (χ1v) is 6.04. The summed E-state index contributed by atoms with van der Waals surface area (Å²) in [5.74, 6) is -1.08. The van der Waals surface area contributed by atoms with Crippen LogP contribution < -0.4 is 10.2 Å². The van der Waals surface area contributed by atoms with Crippen LogP contribution in [0.25, 0.3) is 0 Å². The van der Waals surface area contributed by atoms with Crippen molar-refractivity contribution in [1.82, 2.24) is 14.7 Å². The highest BCUT2D eigenvalue weighted by molar-refractivity contribution is 7.09. The van der Waals surface area contributed by atoms with Gasteiger partial charge in [0, 0.05) is 45.3 Å². The van der Waals surface area contributed by atoms with Crippen LogP contribution in [0.4, 0.5) is 18.3 Å². The largest absolute Gasteiger partial charge is 0.452 e. The molecule has 0 bridgehead atoms. The second-order valence-corrected chi connectivity index (χ2v) is 4.29. The van der Waals surface area contributed by atoms with E-state index in [1.807, 2.05) is 0 Å². The highest BCUT2D eigenvalue weighted by Crippen LogP contribution is 2.29. The van der Waals surface area contributed by atoms with Crippen LogP contribution in [-0.2, 0) is 10.9 Å². The van der Waals surface area contributed by atoms with E-state index in [0.717, 1.165) is 11.5 Å². The van der Waals surface area contributed by atoms with Crippen LogP contribution in [0, 0.1) is 0 Å². The van der Waals surface area contributed by atoms with E-state index in [1.54, 1.807) is 19.1 Å². The first kappa shape index (κ1) is 15.1. The van der Waals surface area contributed by atoms with Gasteiger partial charge in [-0.25, -0.2) is 0 Å². The number of alkyl halides is 3. The normalized spacial score (nSPS) is 11.8. The molecule has 9 heteroatoms. The molecule has 0 saturated heterocycles. The van der Waals surface area contributed by atoms with Crippen LogP contribution in [0.3, 0.4) is 0 Å². The van der Waals surface area contributed by atoms with Crippen molar-refractivity contribution in [2.24, 2.45) is 0 Å². The Morgan fingerprint density at radius 1 is 1.39 bits per heavy atom. The molecule has 0 aliphatic carbocycles. The predicted octanol–water partition coefficient (Wildman–Crippen LogP) is 1.23. The van der Waals surface area contributed by atoms with Crippen molar-refractivity contribution in [3.8, 4) is 0 Å². The summed E-state index contributed by atoms with van der Waals surface area (Å²) in [4.78, 5) is 5.08. The van der Waals surface area contributed by atoms with Gasteiger partial charge in [-0.15, -0.1) is 0 Å². The van der Waals surface area contributed by atoms with E-state index in [2.05, 4.69) is 14.7 Å². The molecule has 0 amide bonds. The van der Waals surface area contributed by atoms with E-state index in [0.29, 0.717) is 26.2 Å². The van der Waals surface area contributed by atoms with Crippen LogP contribution in [-0.4, -0.2) is 49.8 Å². The number of nitrogens with zero attached hydrogens (tertiary/aromatic N) is 3. The minimum Gasteiger partial charge on any atom is -0.383 e. The second-order valence-electron chi connectivity index (χ2n) is 3.56. The molecule has 1 aromatic heterocycles. The molecule has 0 fully saturated rings. The van der Waals surface area contributed by atoms with Crippen molar-refractivity contribution in [1.29, 1.82) is 0 Å². The first-order valence-electron chi connectivity index (χ1n) is 5.27. The fraction of sp³-hybridized carbons (Fsp3) is 0.778. The number of ether oxygens (including phenoxy) is 1. The Hall–Kier alpha value is -0.930. The third kappa shape index (κ3) is 4.75. The molecule has 0 atom stereocenters. The van der Waals surface area contributed by atoms with E-state index in [9.17, 15) is 13.2 Å². The average molecular weight is 284 g/mol. The number of anilines is 1. The summed E-state index contributed by atoms with van der Waals surface area (Å²) >= 11 is 0.745. The minimum atomic E-state index is -4.48. The van der Waals surface area contributed by atoms with Gasteiger partial charge >= 0.3 is 6.18 Å². The van der Waals surface area contributed by atoms with Crippen LogP contribution >= 0.6 is 11.5 Å².